The van der Waals surface area contributed by atoms with Crippen molar-refractivity contribution in [3.63, 3.8) is 0 Å². The van der Waals surface area contributed by atoms with Crippen LogP contribution in [0, 0.1) is 10.8 Å². The number of hydrogen-bond acceptors (Lipinski definition) is 0. The van der Waals surface area contributed by atoms with Crippen LogP contribution in [0.15, 0.2) is 0 Å². The summed E-state index contributed by atoms with van der Waals surface area (Å²) in [6.07, 6.45) is 0. The van der Waals surface area contributed by atoms with Gasteiger partial charge in [-0.05, 0) is 0 Å². The molecule has 0 bridgehead atoms. The van der Waals surface area contributed by atoms with Gasteiger partial charge in [-0.1, -0.05) is 0 Å². The van der Waals surface area contributed by atoms with E-state index in [-0.39, 0.29) is 0 Å². The summed E-state index contributed by atoms with van der Waals surface area (Å²) < 4.78 is 2.10. The Morgan fingerprint density at radius 3 is 0.947 bits per heavy atom. The average Bonchev–Trinajstić information content (AvgIpc) is 3.21. The van der Waals surface area contributed by atoms with Gasteiger partial charge < -0.3 is 0 Å². The van der Waals surface area contributed by atoms with Gasteiger partial charge in [-0.2, -0.15) is 0 Å². The molecular weight excluding hydrogens is 272 g/mol. The third-order valence-electron chi connectivity index (χ3n) is 17.1. The monoisotopic (exact) mass is 298 g/mol. The summed E-state index contributed by atoms with van der Waals surface area (Å²) in [4.78, 5) is 11.6. The SMILES string of the molecule is CC(C)(C)[C]12[CH]3[CH]4[CH]5[CH]1[Fe]45321678[CH]2[CH]1[CH]6[C]7(C(C)(C)C)[CH]28. The van der Waals surface area contributed by atoms with Crippen LogP contribution < -0.4 is 0 Å². The standard InChI is InChI=1S/2C9H13.Fe/c2*1-9(2,3)8-6-4-5-7-8;/h2*4-7H,1-3H3;. The first-order valence-electron chi connectivity index (χ1n) is 8.64. The van der Waals surface area contributed by atoms with Gasteiger partial charge in [-0.3, -0.25) is 0 Å². The summed E-state index contributed by atoms with van der Waals surface area (Å²) in [7, 11) is 0. The molecule has 0 aromatic rings. The van der Waals surface area contributed by atoms with Crippen molar-refractivity contribution in [2.24, 2.45) is 10.8 Å². The molecule has 0 amide bonds. The Kier molecular flexibility index (Phi) is 0.282. The van der Waals surface area contributed by atoms with Gasteiger partial charge >= 0.3 is 106 Å². The van der Waals surface area contributed by atoms with Crippen molar-refractivity contribution in [3.8, 4) is 0 Å². The molecule has 10 heterocycles. The molecule has 10 rings (SSSR count). The molecule has 8 atom stereocenters. The summed E-state index contributed by atoms with van der Waals surface area (Å²) in [5.74, 6) is 0. The van der Waals surface area contributed by atoms with E-state index in [4.69, 9.17) is 0 Å². The fraction of sp³-hybridized carbons (Fsp3) is 1.00. The van der Waals surface area contributed by atoms with Crippen LogP contribution >= 0.6 is 0 Å². The molecule has 0 nitrogen and oxygen atoms in total. The van der Waals surface area contributed by atoms with Crippen molar-refractivity contribution in [1.29, 1.82) is 0 Å². The minimum atomic E-state index is -3.09. The van der Waals surface area contributed by atoms with Gasteiger partial charge in [0.2, 0.25) is 0 Å². The molecule has 0 aromatic heterocycles. The Labute approximate surface area is 106 Å². The molecule has 8 unspecified atom stereocenters. The van der Waals surface area contributed by atoms with Crippen molar-refractivity contribution in [1.82, 2.24) is 0 Å². The molecule has 19 heavy (non-hydrogen) atoms. The van der Waals surface area contributed by atoms with E-state index in [2.05, 4.69) is 41.5 Å². The zero-order valence-electron chi connectivity index (χ0n) is 13.0. The molecule has 106 valence electrons. The Balaban J connectivity index is 1.64. The van der Waals surface area contributed by atoms with Crippen molar-refractivity contribution >= 4 is 0 Å². The van der Waals surface area contributed by atoms with Gasteiger partial charge in [0.1, 0.15) is 0 Å². The predicted octanol–water partition coefficient (Wildman–Crippen LogP) is 6.21. The van der Waals surface area contributed by atoms with E-state index in [1.54, 1.807) is 0 Å². The third-order valence-corrected chi connectivity index (χ3v) is 60.9. The van der Waals surface area contributed by atoms with Gasteiger partial charge in [0.05, 0.1) is 0 Å². The van der Waals surface area contributed by atoms with E-state index < -0.39 is 6.51 Å². The number of fused-ring (bicyclic) bond motifs is 10. The summed E-state index contributed by atoms with van der Waals surface area (Å²) >= 11 is 0. The topological polar surface area (TPSA) is 0 Å². The molecule has 0 radical (unpaired) electrons. The van der Waals surface area contributed by atoms with E-state index in [9.17, 15) is 0 Å². The van der Waals surface area contributed by atoms with Gasteiger partial charge in [-0.15, -0.1) is 0 Å². The molecular formula is C18H26Fe. The molecule has 10 saturated heterocycles. The first-order valence-corrected chi connectivity index (χ1v) is 14.8. The zero-order chi connectivity index (χ0) is 12.9. The predicted molar refractivity (Wildman–Crippen MR) is 74.3 cm³/mol. The maximum atomic E-state index is 2.67. The zero-order valence-corrected chi connectivity index (χ0v) is 14.1. The summed E-state index contributed by atoms with van der Waals surface area (Å²) in [6.45, 7) is 12.9. The van der Waals surface area contributed by atoms with Gasteiger partial charge in [0.15, 0.2) is 0 Å². The molecule has 1 spiro atoms. The minimum absolute atomic E-state index is 0.681. The second-order valence-electron chi connectivity index (χ2n) is 14.3. The Morgan fingerprint density at radius 2 is 0.842 bits per heavy atom. The van der Waals surface area contributed by atoms with Gasteiger partial charge in [-0.25, -0.2) is 0 Å². The van der Waals surface area contributed by atoms with E-state index in [1.807, 2.05) is 0 Å². The van der Waals surface area contributed by atoms with Crippen molar-refractivity contribution < 1.29 is 6.51 Å². The third kappa shape index (κ3) is 0.0845. The Hall–Kier alpha value is 0.519. The fourth-order valence-corrected chi connectivity index (χ4v) is 103. The van der Waals surface area contributed by atoms with Crippen molar-refractivity contribution in [2.45, 2.75) is 88.7 Å². The average molecular weight is 298 g/mol. The van der Waals surface area contributed by atoms with E-state index >= 15 is 0 Å². The second-order valence-corrected chi connectivity index (χ2v) is 37.5. The van der Waals surface area contributed by atoms with Gasteiger partial charge in [0, 0.05) is 0 Å². The van der Waals surface area contributed by atoms with Gasteiger partial charge in [0.25, 0.3) is 0 Å². The van der Waals surface area contributed by atoms with Crippen LogP contribution in [-0.4, -0.2) is 0 Å². The quantitative estimate of drug-likeness (QED) is 0.466. The Bertz CT molecular complexity index is 980. The van der Waals surface area contributed by atoms with Crippen LogP contribution in [0.2, 0.25) is 47.2 Å². The van der Waals surface area contributed by atoms with Crippen LogP contribution in [0.25, 0.3) is 0 Å². The Morgan fingerprint density at radius 1 is 0.579 bits per heavy atom. The van der Waals surface area contributed by atoms with E-state index in [1.165, 1.54) is 38.5 Å². The molecule has 10 fully saturated rings. The molecule has 0 aromatic carbocycles. The van der Waals surface area contributed by atoms with Crippen LogP contribution in [0.3, 0.4) is 0 Å². The second kappa shape index (κ2) is 0.650. The van der Waals surface area contributed by atoms with Crippen LogP contribution in [0.5, 0.6) is 0 Å². The molecule has 10 aliphatic heterocycles. The summed E-state index contributed by atoms with van der Waals surface area (Å²) in [5, 5.41) is 0. The van der Waals surface area contributed by atoms with E-state index in [0.29, 0.717) is 10.8 Å². The van der Waals surface area contributed by atoms with Crippen molar-refractivity contribution in [3.05, 3.63) is 0 Å². The first kappa shape index (κ1) is 8.23. The summed E-state index contributed by atoms with van der Waals surface area (Å²) in [5.41, 5.74) is 1.36. The normalized spacial score (nSPS) is 114. The molecule has 0 aliphatic carbocycles. The number of rotatable bonds is 0. The van der Waals surface area contributed by atoms with Crippen molar-refractivity contribution in [2.75, 3.05) is 0 Å². The maximum absolute atomic E-state index is 3.09. The van der Waals surface area contributed by atoms with Crippen LogP contribution in [-0.2, 0) is 6.51 Å². The fourth-order valence-electron chi connectivity index (χ4n) is 20.8. The molecule has 10 aliphatic rings. The molecule has 1 heteroatoms. The first-order chi connectivity index (χ1) is 8.43. The molecule has 0 saturated carbocycles. The molecule has 0 N–H and O–H groups in total. The van der Waals surface area contributed by atoms with Crippen LogP contribution in [0.1, 0.15) is 41.5 Å². The number of hydrogen-bond donors (Lipinski definition) is 0. The van der Waals surface area contributed by atoms with E-state index in [0.717, 1.165) is 8.63 Å². The van der Waals surface area contributed by atoms with Crippen LogP contribution in [0.4, 0.5) is 0 Å². The summed E-state index contributed by atoms with van der Waals surface area (Å²) in [6, 6.07) is 0.